The Balaban J connectivity index is 1.49. The second-order valence-corrected chi connectivity index (χ2v) is 9.19. The number of rotatable bonds is 3. The second-order valence-electron chi connectivity index (χ2n) is 9.19. The van der Waals surface area contributed by atoms with Gasteiger partial charge >= 0.3 is 0 Å². The molecule has 7 rings (SSSR count). The zero-order valence-corrected chi connectivity index (χ0v) is 19.7. The van der Waals surface area contributed by atoms with Crippen molar-refractivity contribution < 1.29 is 0 Å². The smallest absolute Gasteiger partial charge is 0.164 e. The molecule has 3 heteroatoms. The Bertz CT molecular complexity index is 1820. The van der Waals surface area contributed by atoms with Crippen LogP contribution in [-0.4, -0.2) is 15.0 Å². The fourth-order valence-corrected chi connectivity index (χ4v) is 5.13. The molecule has 36 heavy (non-hydrogen) atoms. The summed E-state index contributed by atoms with van der Waals surface area (Å²) >= 11 is 0. The normalized spacial score (nSPS) is 12.7. The first kappa shape index (κ1) is 20.7. The van der Waals surface area contributed by atoms with Gasteiger partial charge in [-0.05, 0) is 57.0 Å². The molecule has 0 spiro atoms. The van der Waals surface area contributed by atoms with Gasteiger partial charge in [-0.3, -0.25) is 0 Å². The minimum absolute atomic E-state index is 0.677. The molecule has 3 nitrogen and oxygen atoms in total. The highest BCUT2D eigenvalue weighted by Gasteiger charge is 2.15. The van der Waals surface area contributed by atoms with Gasteiger partial charge in [-0.2, -0.15) is 0 Å². The van der Waals surface area contributed by atoms with E-state index in [4.69, 9.17) is 15.0 Å². The van der Waals surface area contributed by atoms with Crippen LogP contribution < -0.4 is 10.4 Å². The lowest BCUT2D eigenvalue weighted by Gasteiger charge is -2.12. The Hall–Kier alpha value is -4.63. The molecule has 0 atom stereocenters. The molecule has 0 amide bonds. The summed E-state index contributed by atoms with van der Waals surface area (Å²) in [5.74, 6) is 2.04. The fraction of sp³-hybridized carbons (Fsp3) is 0.0606. The van der Waals surface area contributed by atoms with E-state index in [0.29, 0.717) is 17.5 Å². The van der Waals surface area contributed by atoms with Gasteiger partial charge in [0.15, 0.2) is 17.5 Å². The van der Waals surface area contributed by atoms with E-state index in [2.05, 4.69) is 54.6 Å². The number of nitrogens with zero attached hydrogens (tertiary/aromatic N) is 3. The average molecular weight is 462 g/mol. The highest BCUT2D eigenvalue weighted by molar-refractivity contribution is 6.11. The van der Waals surface area contributed by atoms with E-state index in [9.17, 15) is 0 Å². The van der Waals surface area contributed by atoms with Crippen LogP contribution in [0.5, 0.6) is 0 Å². The first-order valence-corrected chi connectivity index (χ1v) is 12.4. The lowest BCUT2D eigenvalue weighted by molar-refractivity contribution is 1.08. The van der Waals surface area contributed by atoms with Gasteiger partial charge in [-0.25, -0.2) is 15.0 Å². The van der Waals surface area contributed by atoms with Crippen LogP contribution in [0.15, 0.2) is 103 Å². The maximum Gasteiger partial charge on any atom is 0.164 e. The third-order valence-corrected chi connectivity index (χ3v) is 6.92. The quantitative estimate of drug-likeness (QED) is 0.281. The Kier molecular flexibility index (Phi) is 4.92. The summed E-state index contributed by atoms with van der Waals surface area (Å²) in [4.78, 5) is 14.8. The predicted molar refractivity (Wildman–Crippen MR) is 149 cm³/mol. The number of hydrogen-bond donors (Lipinski definition) is 0. The van der Waals surface area contributed by atoms with Crippen molar-refractivity contribution in [2.45, 2.75) is 12.8 Å². The van der Waals surface area contributed by atoms with E-state index in [1.807, 2.05) is 60.7 Å². The molecule has 1 aliphatic carbocycles. The standard InChI is InChI=1S/C33H23N3/c1-3-10-22(11-4-1)31-34-32(23-12-5-2-6-13-23)36-33(35-31)29-17-9-16-27-28(29)19-18-26-20-24-14-7-8-15-25(24)21-30(26)27/h1-6,9-21H,7-8H2. The maximum atomic E-state index is 4.97. The van der Waals surface area contributed by atoms with E-state index in [1.165, 1.54) is 26.6 Å². The Morgan fingerprint density at radius 2 is 1.06 bits per heavy atom. The number of fused-ring (bicyclic) bond motifs is 4. The van der Waals surface area contributed by atoms with E-state index < -0.39 is 0 Å². The molecule has 0 aliphatic heterocycles. The topological polar surface area (TPSA) is 38.7 Å². The van der Waals surface area contributed by atoms with Crippen LogP contribution in [0.4, 0.5) is 0 Å². The Morgan fingerprint density at radius 1 is 0.444 bits per heavy atom. The van der Waals surface area contributed by atoms with Crippen LogP contribution in [-0.2, 0) is 0 Å². The van der Waals surface area contributed by atoms with Crippen molar-refractivity contribution >= 4 is 33.7 Å². The van der Waals surface area contributed by atoms with Gasteiger partial charge < -0.3 is 0 Å². The van der Waals surface area contributed by atoms with Gasteiger partial charge in [0, 0.05) is 16.7 Å². The molecule has 0 radical (unpaired) electrons. The maximum absolute atomic E-state index is 4.97. The van der Waals surface area contributed by atoms with Crippen molar-refractivity contribution in [1.29, 1.82) is 0 Å². The Morgan fingerprint density at radius 3 is 1.72 bits per heavy atom. The van der Waals surface area contributed by atoms with Crippen LogP contribution in [0.2, 0.25) is 0 Å². The first-order valence-electron chi connectivity index (χ1n) is 12.4. The van der Waals surface area contributed by atoms with Crippen LogP contribution in [0, 0.1) is 0 Å². The fourth-order valence-electron chi connectivity index (χ4n) is 5.13. The highest BCUT2D eigenvalue weighted by Crippen LogP contribution is 2.32. The minimum atomic E-state index is 0.677. The van der Waals surface area contributed by atoms with Crippen molar-refractivity contribution in [1.82, 2.24) is 15.0 Å². The average Bonchev–Trinajstić information content (AvgIpc) is 2.96. The van der Waals surface area contributed by atoms with E-state index in [-0.39, 0.29) is 0 Å². The minimum Gasteiger partial charge on any atom is -0.208 e. The van der Waals surface area contributed by atoms with Crippen LogP contribution in [0.1, 0.15) is 12.8 Å². The predicted octanol–water partition coefficient (Wildman–Crippen LogP) is 6.53. The summed E-state index contributed by atoms with van der Waals surface area (Å²) in [6, 6.07) is 35.8. The van der Waals surface area contributed by atoms with Gasteiger partial charge in [-0.1, -0.05) is 103 Å². The largest absolute Gasteiger partial charge is 0.208 e. The molecule has 0 bridgehead atoms. The zero-order chi connectivity index (χ0) is 23.9. The summed E-state index contributed by atoms with van der Waals surface area (Å²) in [7, 11) is 0. The summed E-state index contributed by atoms with van der Waals surface area (Å²) in [5.41, 5.74) is 2.96. The molecule has 6 aromatic rings. The van der Waals surface area contributed by atoms with E-state index in [0.717, 1.165) is 34.9 Å². The first-order chi connectivity index (χ1) is 17.8. The van der Waals surface area contributed by atoms with Gasteiger partial charge in [0.25, 0.3) is 0 Å². The number of aromatic nitrogens is 3. The highest BCUT2D eigenvalue weighted by atomic mass is 15.0. The summed E-state index contributed by atoms with van der Waals surface area (Å²) in [6.45, 7) is 0. The van der Waals surface area contributed by atoms with E-state index >= 15 is 0 Å². The van der Waals surface area contributed by atoms with Gasteiger partial charge in [0.05, 0.1) is 0 Å². The van der Waals surface area contributed by atoms with Crippen molar-refractivity contribution in [2.24, 2.45) is 0 Å². The molecule has 1 aromatic heterocycles. The molecule has 0 unspecified atom stereocenters. The van der Waals surface area contributed by atoms with Crippen LogP contribution in [0.3, 0.4) is 0 Å². The molecule has 1 aliphatic rings. The molecule has 170 valence electrons. The van der Waals surface area contributed by atoms with Gasteiger partial charge in [0.1, 0.15) is 0 Å². The van der Waals surface area contributed by atoms with Crippen molar-refractivity contribution in [3.63, 3.8) is 0 Å². The molecule has 0 fully saturated rings. The van der Waals surface area contributed by atoms with Crippen molar-refractivity contribution in [3.8, 4) is 34.2 Å². The summed E-state index contributed by atoms with van der Waals surface area (Å²) < 4.78 is 0. The SMILES string of the molecule is C1=c2cc3ccc4c(-c5nc(-c6ccccc6)nc(-c6ccccc6)n5)cccc4c3cc2=CCC1. The van der Waals surface area contributed by atoms with Crippen LogP contribution in [0.25, 0.3) is 67.9 Å². The number of hydrogen-bond acceptors (Lipinski definition) is 3. The summed E-state index contributed by atoms with van der Waals surface area (Å²) in [5, 5.41) is 7.55. The second kappa shape index (κ2) is 8.54. The molecular weight excluding hydrogens is 438 g/mol. The Labute approximate surface area is 209 Å². The lowest BCUT2D eigenvalue weighted by Crippen LogP contribution is -2.26. The van der Waals surface area contributed by atoms with Gasteiger partial charge in [0.2, 0.25) is 0 Å². The molecule has 1 heterocycles. The van der Waals surface area contributed by atoms with Gasteiger partial charge in [-0.15, -0.1) is 0 Å². The molecule has 0 saturated carbocycles. The lowest BCUT2D eigenvalue weighted by atomic mass is 9.95. The third kappa shape index (κ3) is 3.57. The van der Waals surface area contributed by atoms with Crippen molar-refractivity contribution in [3.05, 3.63) is 114 Å². The molecule has 5 aromatic carbocycles. The zero-order valence-electron chi connectivity index (χ0n) is 19.7. The third-order valence-electron chi connectivity index (χ3n) is 6.92. The van der Waals surface area contributed by atoms with Crippen LogP contribution >= 0.6 is 0 Å². The van der Waals surface area contributed by atoms with Crippen molar-refractivity contribution in [2.75, 3.05) is 0 Å². The number of benzene rings is 5. The van der Waals surface area contributed by atoms with E-state index in [1.54, 1.807) is 0 Å². The summed E-state index contributed by atoms with van der Waals surface area (Å²) in [6.07, 6.45) is 6.91. The molecule has 0 N–H and O–H groups in total. The molecule has 0 saturated heterocycles. The monoisotopic (exact) mass is 461 g/mol. The molecular formula is C33H23N3.